The third-order valence-electron chi connectivity index (χ3n) is 5.20. The Morgan fingerprint density at radius 2 is 1.96 bits per heavy atom. The minimum Gasteiger partial charge on any atom is -0.365 e. The molecule has 0 saturated carbocycles. The summed E-state index contributed by atoms with van der Waals surface area (Å²) in [6.07, 6.45) is 3.00. The van der Waals surface area contributed by atoms with Gasteiger partial charge in [0.25, 0.3) is 5.91 Å². The average Bonchev–Trinajstić information content (AvgIpc) is 3.05. The average molecular weight is 391 g/mol. The Hall–Kier alpha value is -2.09. The summed E-state index contributed by atoms with van der Waals surface area (Å²) < 4.78 is 0. The number of nitrogens with zero attached hydrogens (tertiary/aromatic N) is 1. The van der Waals surface area contributed by atoms with Crippen molar-refractivity contribution in [1.29, 1.82) is 0 Å². The van der Waals surface area contributed by atoms with Gasteiger partial charge in [-0.05, 0) is 56.1 Å². The molecule has 1 aromatic heterocycles. The number of urea groups is 1. The van der Waals surface area contributed by atoms with Crippen molar-refractivity contribution in [3.63, 3.8) is 0 Å². The van der Waals surface area contributed by atoms with Gasteiger partial charge in [-0.3, -0.25) is 15.0 Å². The van der Waals surface area contributed by atoms with Crippen molar-refractivity contribution in [2.24, 2.45) is 5.73 Å². The number of hydrogen-bond donors (Lipinski definition) is 3. The molecule has 26 heavy (non-hydrogen) atoms. The lowest BCUT2D eigenvalue weighted by molar-refractivity contribution is 0.0999. The van der Waals surface area contributed by atoms with Crippen LogP contribution in [-0.2, 0) is 6.42 Å². The summed E-state index contributed by atoms with van der Waals surface area (Å²) in [6, 6.07) is 7.16. The van der Waals surface area contributed by atoms with E-state index < -0.39 is 11.9 Å². The number of nitrogens with one attached hydrogen (secondary N) is 2. The fourth-order valence-electron chi connectivity index (χ4n) is 3.91. The van der Waals surface area contributed by atoms with E-state index in [9.17, 15) is 9.59 Å². The van der Waals surface area contributed by atoms with Crippen molar-refractivity contribution < 1.29 is 9.59 Å². The van der Waals surface area contributed by atoms with Crippen LogP contribution in [0.1, 0.15) is 39.7 Å². The lowest BCUT2D eigenvalue weighted by Gasteiger charge is -2.31. The van der Waals surface area contributed by atoms with Crippen LogP contribution in [0.4, 0.5) is 15.5 Å². The Morgan fingerprint density at radius 1 is 1.23 bits per heavy atom. The molecule has 136 valence electrons. The van der Waals surface area contributed by atoms with Gasteiger partial charge < -0.3 is 11.1 Å². The zero-order chi connectivity index (χ0) is 18.4. The Labute approximate surface area is 160 Å². The number of anilines is 2. The first-order valence-electron chi connectivity index (χ1n) is 8.45. The Bertz CT molecular complexity index is 880. The SMILES string of the molecule is CN1C2CC[C@H]1c1sc(NC(=O)Nc3ccc(Cl)cc3)c(C(N)=O)c1C2. The van der Waals surface area contributed by atoms with Gasteiger partial charge in [0.15, 0.2) is 0 Å². The lowest BCUT2D eigenvalue weighted by Crippen LogP contribution is -2.34. The van der Waals surface area contributed by atoms with Crippen LogP contribution in [0.5, 0.6) is 0 Å². The van der Waals surface area contributed by atoms with Crippen molar-refractivity contribution in [1.82, 2.24) is 4.90 Å². The fraction of sp³-hybridized carbons (Fsp3) is 0.333. The molecule has 3 heterocycles. The van der Waals surface area contributed by atoms with Gasteiger partial charge in [-0.1, -0.05) is 11.6 Å². The highest BCUT2D eigenvalue weighted by Gasteiger charge is 2.41. The molecule has 1 aromatic carbocycles. The number of amides is 3. The van der Waals surface area contributed by atoms with Crippen molar-refractivity contribution in [2.45, 2.75) is 31.3 Å². The van der Waals surface area contributed by atoms with Gasteiger partial charge in [-0.2, -0.15) is 0 Å². The maximum Gasteiger partial charge on any atom is 0.324 e. The van der Waals surface area contributed by atoms with E-state index in [-0.39, 0.29) is 0 Å². The molecule has 6 nitrogen and oxygen atoms in total. The monoisotopic (exact) mass is 390 g/mol. The largest absolute Gasteiger partial charge is 0.365 e. The van der Waals surface area contributed by atoms with E-state index in [0.717, 1.165) is 29.7 Å². The maximum absolute atomic E-state index is 12.4. The summed E-state index contributed by atoms with van der Waals surface area (Å²) in [5.74, 6) is -0.492. The molecule has 0 aliphatic carbocycles. The summed E-state index contributed by atoms with van der Waals surface area (Å²) in [6.45, 7) is 0. The van der Waals surface area contributed by atoms with Gasteiger partial charge in [0, 0.05) is 27.7 Å². The van der Waals surface area contributed by atoms with E-state index in [0.29, 0.717) is 33.4 Å². The normalized spacial score (nSPS) is 21.3. The molecule has 8 heteroatoms. The molecule has 2 aromatic rings. The smallest absolute Gasteiger partial charge is 0.324 e. The van der Waals surface area contributed by atoms with E-state index >= 15 is 0 Å². The maximum atomic E-state index is 12.4. The van der Waals surface area contributed by atoms with Gasteiger partial charge >= 0.3 is 6.03 Å². The molecular formula is C18H19ClN4O2S. The third kappa shape index (κ3) is 2.96. The van der Waals surface area contributed by atoms with Gasteiger partial charge in [0.05, 0.1) is 5.56 Å². The molecule has 2 aliphatic rings. The molecule has 4 rings (SSSR count). The molecule has 3 amide bonds. The Kier molecular flexibility index (Phi) is 4.38. The highest BCUT2D eigenvalue weighted by atomic mass is 35.5. The van der Waals surface area contributed by atoms with Crippen LogP contribution < -0.4 is 16.4 Å². The fourth-order valence-corrected chi connectivity index (χ4v) is 5.46. The van der Waals surface area contributed by atoms with Crippen LogP contribution in [-0.4, -0.2) is 29.9 Å². The number of thiophene rings is 1. The molecule has 4 N–H and O–H groups in total. The summed E-state index contributed by atoms with van der Waals surface area (Å²) in [5.41, 5.74) is 7.73. The minimum atomic E-state index is -0.492. The number of benzene rings is 1. The molecule has 1 fully saturated rings. The first-order chi connectivity index (χ1) is 12.4. The number of rotatable bonds is 3. The van der Waals surface area contributed by atoms with E-state index in [1.165, 1.54) is 11.3 Å². The Morgan fingerprint density at radius 3 is 2.65 bits per heavy atom. The van der Waals surface area contributed by atoms with Crippen LogP contribution in [0.2, 0.25) is 5.02 Å². The zero-order valence-corrected chi connectivity index (χ0v) is 15.8. The molecule has 2 aliphatic heterocycles. The van der Waals surface area contributed by atoms with E-state index in [4.69, 9.17) is 17.3 Å². The number of likely N-dealkylation sites (N-methyl/N-ethyl adjacent to an activating group) is 1. The van der Waals surface area contributed by atoms with Crippen molar-refractivity contribution in [3.05, 3.63) is 45.3 Å². The highest BCUT2D eigenvalue weighted by molar-refractivity contribution is 7.17. The van der Waals surface area contributed by atoms with Crippen LogP contribution in [0.3, 0.4) is 0 Å². The summed E-state index contributed by atoms with van der Waals surface area (Å²) >= 11 is 7.31. The van der Waals surface area contributed by atoms with Gasteiger partial charge in [0.2, 0.25) is 0 Å². The number of carbonyl (C=O) groups is 2. The Balaban J connectivity index is 1.60. The lowest BCUT2D eigenvalue weighted by atomic mass is 9.97. The summed E-state index contributed by atoms with van der Waals surface area (Å²) in [5, 5.41) is 6.66. The second kappa shape index (κ2) is 6.57. The van der Waals surface area contributed by atoms with Crippen molar-refractivity contribution in [2.75, 3.05) is 17.7 Å². The first-order valence-corrected chi connectivity index (χ1v) is 9.64. The first kappa shape index (κ1) is 17.3. The molecule has 2 bridgehead atoms. The van der Waals surface area contributed by atoms with Crippen molar-refractivity contribution >= 4 is 45.6 Å². The van der Waals surface area contributed by atoms with Gasteiger partial charge in [-0.15, -0.1) is 11.3 Å². The molecule has 0 radical (unpaired) electrons. The van der Waals surface area contributed by atoms with Crippen LogP contribution in [0, 0.1) is 0 Å². The van der Waals surface area contributed by atoms with Gasteiger partial charge in [-0.25, -0.2) is 4.79 Å². The van der Waals surface area contributed by atoms with Crippen molar-refractivity contribution in [3.8, 4) is 0 Å². The molecule has 0 spiro atoms. The standard InChI is InChI=1S/C18H19ClN4O2S/c1-23-11-6-7-13(23)15-12(8-11)14(16(20)24)17(26-15)22-18(25)21-10-4-2-9(19)3-5-10/h2-5,11,13H,6-8H2,1H3,(H2,20,24)(H2,21,22,25)/t11?,13-/m0/s1. The zero-order valence-electron chi connectivity index (χ0n) is 14.2. The highest BCUT2D eigenvalue weighted by Crippen LogP contribution is 2.49. The second-order valence-electron chi connectivity index (χ2n) is 6.72. The number of halogens is 1. The summed E-state index contributed by atoms with van der Waals surface area (Å²) in [7, 11) is 2.12. The van der Waals surface area contributed by atoms with Crippen LogP contribution in [0.25, 0.3) is 0 Å². The minimum absolute atomic E-state index is 0.307. The van der Waals surface area contributed by atoms with Gasteiger partial charge in [0.1, 0.15) is 5.00 Å². The number of carbonyl (C=O) groups excluding carboxylic acids is 2. The molecule has 1 unspecified atom stereocenters. The second-order valence-corrected chi connectivity index (χ2v) is 8.20. The van der Waals surface area contributed by atoms with Crippen LogP contribution >= 0.6 is 22.9 Å². The predicted molar refractivity (Wildman–Crippen MR) is 104 cm³/mol. The third-order valence-corrected chi connectivity index (χ3v) is 6.70. The predicted octanol–water partition coefficient (Wildman–Crippen LogP) is 3.84. The molecule has 1 saturated heterocycles. The number of nitrogens with two attached hydrogens (primary N) is 1. The number of hydrogen-bond acceptors (Lipinski definition) is 4. The number of primary amides is 1. The topological polar surface area (TPSA) is 87.5 Å². The van der Waals surface area contributed by atoms with E-state index in [1.807, 2.05) is 0 Å². The summed E-state index contributed by atoms with van der Waals surface area (Å²) in [4.78, 5) is 28.0. The van der Waals surface area contributed by atoms with E-state index in [1.54, 1.807) is 24.3 Å². The number of fused-ring (bicyclic) bond motifs is 4. The molecular weight excluding hydrogens is 372 g/mol. The van der Waals surface area contributed by atoms with Crippen LogP contribution in [0.15, 0.2) is 24.3 Å². The quantitative estimate of drug-likeness (QED) is 0.744. The van der Waals surface area contributed by atoms with E-state index in [2.05, 4.69) is 22.6 Å². The molecule has 2 atom stereocenters.